The molecule has 1 aromatic carbocycles. The van der Waals surface area contributed by atoms with Gasteiger partial charge >= 0.3 is 0 Å². The molecule has 0 aliphatic rings. The van der Waals surface area contributed by atoms with Crippen LogP contribution in [0.2, 0.25) is 0 Å². The van der Waals surface area contributed by atoms with E-state index in [0.717, 1.165) is 6.07 Å². The van der Waals surface area contributed by atoms with Crippen molar-refractivity contribution in [3.63, 3.8) is 0 Å². The number of carbonyl (C=O) groups excluding carboxylic acids is 1. The molecule has 0 aliphatic carbocycles. The van der Waals surface area contributed by atoms with E-state index in [-0.39, 0.29) is 16.9 Å². The molecule has 8 heteroatoms. The number of nitrogens with zero attached hydrogens (tertiary/aromatic N) is 3. The van der Waals surface area contributed by atoms with E-state index in [1.807, 2.05) is 0 Å². The lowest BCUT2D eigenvalue weighted by molar-refractivity contribution is 0.102. The molecule has 0 saturated carbocycles. The summed E-state index contributed by atoms with van der Waals surface area (Å²) in [6, 6.07) is 8.48. The highest BCUT2D eigenvalue weighted by atomic mass is 19.1. The van der Waals surface area contributed by atoms with Crippen molar-refractivity contribution >= 4 is 17.4 Å². The number of rotatable bonds is 3. The molecule has 0 atom stereocenters. The summed E-state index contributed by atoms with van der Waals surface area (Å²) in [5, 5.41) is 18.5. The zero-order valence-electron chi connectivity index (χ0n) is 10.1. The third-order valence-corrected chi connectivity index (χ3v) is 2.42. The molecule has 1 aromatic heterocycles. The monoisotopic (exact) mass is 272 g/mol. The zero-order chi connectivity index (χ0) is 14.5. The van der Waals surface area contributed by atoms with Gasteiger partial charge in [-0.05, 0) is 24.3 Å². The fraction of sp³-hybridized carbons (Fsp3) is 0. The predicted octanol–water partition coefficient (Wildman–Crippen LogP) is 1.03. The van der Waals surface area contributed by atoms with Crippen molar-refractivity contribution in [1.29, 1.82) is 5.26 Å². The Labute approximate surface area is 113 Å². The second kappa shape index (κ2) is 5.73. The molecule has 0 unspecified atom stereocenters. The van der Waals surface area contributed by atoms with Crippen LogP contribution in [-0.4, -0.2) is 16.1 Å². The fourth-order valence-corrected chi connectivity index (χ4v) is 1.46. The molecule has 2 rings (SSSR count). The van der Waals surface area contributed by atoms with Gasteiger partial charge < -0.3 is 10.7 Å². The van der Waals surface area contributed by atoms with Gasteiger partial charge in [0, 0.05) is 0 Å². The number of amides is 1. The Balaban J connectivity index is 2.23. The summed E-state index contributed by atoms with van der Waals surface area (Å²) < 4.78 is 13.4. The maximum absolute atomic E-state index is 13.4. The number of nitriles is 1. The SMILES string of the molecule is N#Cc1c(F)cccc1NC(=O)c1ccc(NN)nn1. The van der Waals surface area contributed by atoms with Gasteiger partial charge in [0.1, 0.15) is 17.4 Å². The van der Waals surface area contributed by atoms with E-state index >= 15 is 0 Å². The molecule has 0 radical (unpaired) electrons. The smallest absolute Gasteiger partial charge is 0.276 e. The molecule has 20 heavy (non-hydrogen) atoms. The van der Waals surface area contributed by atoms with Crippen LogP contribution in [0.15, 0.2) is 30.3 Å². The molecule has 0 saturated heterocycles. The first-order valence-electron chi connectivity index (χ1n) is 5.46. The third kappa shape index (κ3) is 2.68. The molecule has 0 fully saturated rings. The summed E-state index contributed by atoms with van der Waals surface area (Å²) in [7, 11) is 0. The number of nitrogens with one attached hydrogen (secondary N) is 2. The minimum Gasteiger partial charge on any atom is -0.319 e. The Hall–Kier alpha value is -3.05. The standard InChI is InChI=1S/C12H9FN6O/c13-8-2-1-3-9(7(8)6-14)16-12(20)10-4-5-11(17-15)19-18-10/h1-5H,15H2,(H,16,20)(H,17,19). The molecule has 0 aliphatic heterocycles. The third-order valence-electron chi connectivity index (χ3n) is 2.42. The highest BCUT2D eigenvalue weighted by Crippen LogP contribution is 2.18. The van der Waals surface area contributed by atoms with E-state index in [1.165, 1.54) is 24.3 Å². The lowest BCUT2D eigenvalue weighted by Crippen LogP contribution is -2.16. The number of hydrogen-bond donors (Lipinski definition) is 3. The van der Waals surface area contributed by atoms with Crippen LogP contribution in [0.5, 0.6) is 0 Å². The average molecular weight is 272 g/mol. The predicted molar refractivity (Wildman–Crippen MR) is 68.9 cm³/mol. The van der Waals surface area contributed by atoms with Gasteiger partial charge in [-0.25, -0.2) is 10.2 Å². The normalized spacial score (nSPS) is 9.65. The van der Waals surface area contributed by atoms with Crippen LogP contribution >= 0.6 is 0 Å². The van der Waals surface area contributed by atoms with Crippen LogP contribution in [0.1, 0.15) is 16.1 Å². The molecule has 2 aromatic rings. The number of nitrogen functional groups attached to an aromatic ring is 1. The molecule has 7 nitrogen and oxygen atoms in total. The van der Waals surface area contributed by atoms with Gasteiger partial charge in [0.15, 0.2) is 11.5 Å². The Morgan fingerprint density at radius 3 is 2.70 bits per heavy atom. The van der Waals surface area contributed by atoms with Gasteiger partial charge in [-0.15, -0.1) is 10.2 Å². The number of nitrogens with two attached hydrogens (primary N) is 1. The molecule has 100 valence electrons. The van der Waals surface area contributed by atoms with E-state index in [2.05, 4.69) is 20.9 Å². The Morgan fingerprint density at radius 2 is 2.10 bits per heavy atom. The first-order valence-corrected chi connectivity index (χ1v) is 5.46. The summed E-state index contributed by atoms with van der Waals surface area (Å²) in [5.41, 5.74) is 2.11. The van der Waals surface area contributed by atoms with E-state index in [9.17, 15) is 9.18 Å². The van der Waals surface area contributed by atoms with Crippen LogP contribution in [0, 0.1) is 17.1 Å². The molecular formula is C12H9FN6O. The van der Waals surface area contributed by atoms with Crippen molar-refractivity contribution in [2.75, 3.05) is 10.7 Å². The highest BCUT2D eigenvalue weighted by Gasteiger charge is 2.13. The number of hydrazine groups is 1. The Kier molecular flexibility index (Phi) is 3.83. The van der Waals surface area contributed by atoms with Crippen LogP contribution in [0.3, 0.4) is 0 Å². The number of anilines is 2. The van der Waals surface area contributed by atoms with Gasteiger partial charge in [-0.3, -0.25) is 4.79 Å². The van der Waals surface area contributed by atoms with Crippen molar-refractivity contribution < 1.29 is 9.18 Å². The molecule has 1 heterocycles. The van der Waals surface area contributed by atoms with Gasteiger partial charge in [-0.1, -0.05) is 6.07 Å². The lowest BCUT2D eigenvalue weighted by atomic mass is 10.2. The van der Waals surface area contributed by atoms with Gasteiger partial charge in [0.05, 0.1) is 5.69 Å². The first-order chi connectivity index (χ1) is 9.65. The molecule has 1 amide bonds. The molecule has 0 spiro atoms. The van der Waals surface area contributed by atoms with Crippen molar-refractivity contribution in [3.05, 3.63) is 47.4 Å². The minimum absolute atomic E-state index is 0.0113. The van der Waals surface area contributed by atoms with E-state index in [1.54, 1.807) is 6.07 Å². The maximum atomic E-state index is 13.4. The van der Waals surface area contributed by atoms with Gasteiger partial charge in [0.2, 0.25) is 0 Å². The quantitative estimate of drug-likeness (QED) is 0.567. The van der Waals surface area contributed by atoms with E-state index in [0.29, 0.717) is 5.82 Å². The van der Waals surface area contributed by atoms with Crippen molar-refractivity contribution in [3.8, 4) is 6.07 Å². The number of halogens is 1. The topological polar surface area (TPSA) is 117 Å². The average Bonchev–Trinajstić information content (AvgIpc) is 2.47. The van der Waals surface area contributed by atoms with Gasteiger partial charge in [-0.2, -0.15) is 5.26 Å². The largest absolute Gasteiger partial charge is 0.319 e. The van der Waals surface area contributed by atoms with Crippen LogP contribution in [0.4, 0.5) is 15.9 Å². The van der Waals surface area contributed by atoms with Crippen molar-refractivity contribution in [1.82, 2.24) is 10.2 Å². The molecular weight excluding hydrogens is 263 g/mol. The summed E-state index contributed by atoms with van der Waals surface area (Å²) in [4.78, 5) is 11.9. The minimum atomic E-state index is -0.709. The Morgan fingerprint density at radius 1 is 1.30 bits per heavy atom. The molecule has 0 bridgehead atoms. The highest BCUT2D eigenvalue weighted by molar-refractivity contribution is 6.03. The summed E-state index contributed by atoms with van der Waals surface area (Å²) in [6.07, 6.45) is 0. The van der Waals surface area contributed by atoms with Crippen LogP contribution in [0.25, 0.3) is 0 Å². The maximum Gasteiger partial charge on any atom is 0.276 e. The van der Waals surface area contributed by atoms with E-state index in [4.69, 9.17) is 11.1 Å². The summed E-state index contributed by atoms with van der Waals surface area (Å²) >= 11 is 0. The fourth-order valence-electron chi connectivity index (χ4n) is 1.46. The van der Waals surface area contributed by atoms with Crippen molar-refractivity contribution in [2.45, 2.75) is 0 Å². The number of carbonyl (C=O) groups is 1. The zero-order valence-corrected chi connectivity index (χ0v) is 10.1. The first kappa shape index (κ1) is 13.4. The lowest BCUT2D eigenvalue weighted by Gasteiger charge is -2.06. The van der Waals surface area contributed by atoms with E-state index < -0.39 is 11.7 Å². The second-order valence-electron chi connectivity index (χ2n) is 3.68. The van der Waals surface area contributed by atoms with Crippen LogP contribution in [-0.2, 0) is 0 Å². The van der Waals surface area contributed by atoms with Gasteiger partial charge in [0.25, 0.3) is 5.91 Å². The number of aromatic nitrogens is 2. The van der Waals surface area contributed by atoms with Crippen molar-refractivity contribution in [2.24, 2.45) is 5.84 Å². The summed E-state index contributed by atoms with van der Waals surface area (Å²) in [6.45, 7) is 0. The summed E-state index contributed by atoms with van der Waals surface area (Å²) in [5.74, 6) is 4.10. The Bertz CT molecular complexity index is 679. The van der Waals surface area contributed by atoms with Crippen LogP contribution < -0.4 is 16.6 Å². The number of benzene rings is 1. The molecule has 4 N–H and O–H groups in total. The second-order valence-corrected chi connectivity index (χ2v) is 3.68. The number of hydrogen-bond acceptors (Lipinski definition) is 6.